The maximum Gasteiger partial charge on any atom is 0.0706 e. The lowest BCUT2D eigenvalue weighted by Gasteiger charge is -2.56. The van der Waals surface area contributed by atoms with Crippen molar-refractivity contribution in [1.82, 2.24) is 19.8 Å². The summed E-state index contributed by atoms with van der Waals surface area (Å²) >= 11 is 0. The van der Waals surface area contributed by atoms with Crippen LogP contribution in [0.3, 0.4) is 0 Å². The molecule has 0 atom stereocenters. The van der Waals surface area contributed by atoms with E-state index in [4.69, 9.17) is 0 Å². The van der Waals surface area contributed by atoms with E-state index < -0.39 is 0 Å². The van der Waals surface area contributed by atoms with Crippen molar-refractivity contribution in [3.8, 4) is 0 Å². The molecule has 2 aromatic rings. The Bertz CT molecular complexity index is 547. The van der Waals surface area contributed by atoms with Gasteiger partial charge in [0.15, 0.2) is 0 Å². The maximum absolute atomic E-state index is 4.38. The van der Waals surface area contributed by atoms with Crippen LogP contribution < -0.4 is 5.32 Å². The summed E-state index contributed by atoms with van der Waals surface area (Å²) in [7, 11) is 0. The molecule has 0 unspecified atom stereocenters. The van der Waals surface area contributed by atoms with E-state index in [1.165, 1.54) is 37.3 Å². The number of hydrogen-bond acceptors (Lipinski definition) is 3. The van der Waals surface area contributed by atoms with Crippen molar-refractivity contribution in [2.45, 2.75) is 6.54 Å². The smallest absolute Gasteiger partial charge is 0.0706 e. The summed E-state index contributed by atoms with van der Waals surface area (Å²) in [6.45, 7) is 5.93. The summed E-state index contributed by atoms with van der Waals surface area (Å²) < 4.78 is 1.95. The zero-order chi connectivity index (χ0) is 11.3. The third kappa shape index (κ3) is 1.41. The first kappa shape index (κ1) is 9.62. The average Bonchev–Trinajstić information content (AvgIpc) is 2.64. The highest BCUT2D eigenvalue weighted by Gasteiger charge is 2.47. The average molecular weight is 228 g/mol. The first-order chi connectivity index (χ1) is 8.35. The molecule has 2 fully saturated rings. The second-order valence-electron chi connectivity index (χ2n) is 5.45. The molecular formula is C13H16N4. The van der Waals surface area contributed by atoms with Gasteiger partial charge < -0.3 is 5.32 Å². The Balaban J connectivity index is 1.52. The largest absolute Gasteiger partial charge is 0.315 e. The second kappa shape index (κ2) is 3.31. The number of nitrogens with zero attached hydrogens (tertiary/aromatic N) is 3. The van der Waals surface area contributed by atoms with E-state index in [-0.39, 0.29) is 0 Å². The van der Waals surface area contributed by atoms with Crippen LogP contribution in [0.15, 0.2) is 30.6 Å². The van der Waals surface area contributed by atoms with Crippen molar-refractivity contribution < 1.29 is 0 Å². The van der Waals surface area contributed by atoms with Gasteiger partial charge in [-0.3, -0.25) is 4.90 Å². The minimum Gasteiger partial charge on any atom is -0.315 e. The van der Waals surface area contributed by atoms with E-state index >= 15 is 0 Å². The van der Waals surface area contributed by atoms with Crippen molar-refractivity contribution >= 4 is 5.52 Å². The van der Waals surface area contributed by atoms with Crippen LogP contribution in [0.1, 0.15) is 5.56 Å². The number of rotatable bonds is 2. The molecule has 2 saturated heterocycles. The fraction of sp³-hybridized carbons (Fsp3) is 0.462. The molecule has 2 aliphatic heterocycles. The van der Waals surface area contributed by atoms with E-state index in [9.17, 15) is 0 Å². The van der Waals surface area contributed by atoms with Gasteiger partial charge in [-0.1, -0.05) is 6.07 Å². The Hall–Kier alpha value is -1.39. The van der Waals surface area contributed by atoms with Crippen LogP contribution in [0.5, 0.6) is 0 Å². The maximum atomic E-state index is 4.38. The van der Waals surface area contributed by atoms with Crippen molar-refractivity contribution in [2.24, 2.45) is 5.41 Å². The predicted molar refractivity (Wildman–Crippen MR) is 65.8 cm³/mol. The summed E-state index contributed by atoms with van der Waals surface area (Å²) in [4.78, 5) is 2.52. The quantitative estimate of drug-likeness (QED) is 0.823. The highest BCUT2D eigenvalue weighted by Crippen LogP contribution is 2.35. The zero-order valence-electron chi connectivity index (χ0n) is 9.76. The lowest BCUT2D eigenvalue weighted by atomic mass is 9.74. The Morgan fingerprint density at radius 3 is 2.94 bits per heavy atom. The molecule has 2 aromatic heterocycles. The van der Waals surface area contributed by atoms with Gasteiger partial charge in [-0.2, -0.15) is 5.10 Å². The monoisotopic (exact) mass is 228 g/mol. The molecule has 0 aromatic carbocycles. The summed E-state index contributed by atoms with van der Waals surface area (Å²) in [5.74, 6) is 0. The van der Waals surface area contributed by atoms with Crippen molar-refractivity contribution in [3.05, 3.63) is 36.2 Å². The Labute approximate surface area is 100 Å². The molecule has 0 radical (unpaired) electrons. The Kier molecular flexibility index (Phi) is 1.87. The molecule has 4 heteroatoms. The molecule has 4 heterocycles. The lowest BCUT2D eigenvalue weighted by molar-refractivity contribution is -0.0442. The van der Waals surface area contributed by atoms with Gasteiger partial charge in [0.05, 0.1) is 11.7 Å². The van der Waals surface area contributed by atoms with Gasteiger partial charge in [-0.15, -0.1) is 0 Å². The molecular weight excluding hydrogens is 212 g/mol. The van der Waals surface area contributed by atoms with Gasteiger partial charge in [-0.05, 0) is 12.1 Å². The standard InChI is InChI=1S/C13H16N4/c1-2-4-17-12(3-1)11(5-15-17)6-16-9-13(10-16)7-14-8-13/h1-5,14H,6-10H2. The van der Waals surface area contributed by atoms with E-state index in [0.29, 0.717) is 5.41 Å². The normalized spacial score (nSPS) is 22.6. The first-order valence-electron chi connectivity index (χ1n) is 6.19. The van der Waals surface area contributed by atoms with Gasteiger partial charge in [0, 0.05) is 49.9 Å². The fourth-order valence-corrected chi connectivity index (χ4v) is 3.07. The van der Waals surface area contributed by atoms with E-state index in [0.717, 1.165) is 6.54 Å². The van der Waals surface area contributed by atoms with Gasteiger partial charge in [0.1, 0.15) is 0 Å². The number of aromatic nitrogens is 2. The third-order valence-corrected chi connectivity index (χ3v) is 4.02. The number of likely N-dealkylation sites (tertiary alicyclic amines) is 1. The van der Waals surface area contributed by atoms with Crippen LogP contribution in [-0.4, -0.2) is 40.7 Å². The SMILES string of the molecule is c1ccn2ncc(CN3CC4(CNC4)C3)c2c1. The topological polar surface area (TPSA) is 32.6 Å². The van der Waals surface area contributed by atoms with E-state index in [2.05, 4.69) is 27.4 Å². The zero-order valence-corrected chi connectivity index (χ0v) is 9.76. The third-order valence-electron chi connectivity index (χ3n) is 4.02. The minimum absolute atomic E-state index is 0.614. The molecule has 1 spiro atoms. The Morgan fingerprint density at radius 1 is 1.29 bits per heavy atom. The minimum atomic E-state index is 0.614. The van der Waals surface area contributed by atoms with Crippen LogP contribution in [0, 0.1) is 5.41 Å². The molecule has 1 N–H and O–H groups in total. The number of hydrogen-bond donors (Lipinski definition) is 1. The lowest BCUT2D eigenvalue weighted by Crippen LogP contribution is -2.70. The summed E-state index contributed by atoms with van der Waals surface area (Å²) in [5.41, 5.74) is 3.19. The molecule has 17 heavy (non-hydrogen) atoms. The molecule has 2 aliphatic rings. The Morgan fingerprint density at radius 2 is 2.18 bits per heavy atom. The van der Waals surface area contributed by atoms with Gasteiger partial charge in [0.25, 0.3) is 0 Å². The van der Waals surface area contributed by atoms with Crippen LogP contribution >= 0.6 is 0 Å². The molecule has 0 aliphatic carbocycles. The summed E-state index contributed by atoms with van der Waals surface area (Å²) in [5, 5.41) is 7.75. The van der Waals surface area contributed by atoms with Crippen LogP contribution in [-0.2, 0) is 6.54 Å². The number of fused-ring (bicyclic) bond motifs is 1. The molecule has 4 nitrogen and oxygen atoms in total. The van der Waals surface area contributed by atoms with Gasteiger partial charge in [0.2, 0.25) is 0 Å². The molecule has 0 saturated carbocycles. The number of pyridine rings is 1. The molecule has 0 amide bonds. The van der Waals surface area contributed by atoms with Crippen molar-refractivity contribution in [1.29, 1.82) is 0 Å². The highest BCUT2D eigenvalue weighted by atomic mass is 15.3. The molecule has 88 valence electrons. The van der Waals surface area contributed by atoms with Crippen LogP contribution in [0.2, 0.25) is 0 Å². The van der Waals surface area contributed by atoms with E-state index in [1.807, 2.05) is 23.0 Å². The van der Waals surface area contributed by atoms with Gasteiger partial charge >= 0.3 is 0 Å². The summed E-state index contributed by atoms with van der Waals surface area (Å²) in [6, 6.07) is 6.24. The van der Waals surface area contributed by atoms with Crippen molar-refractivity contribution in [3.63, 3.8) is 0 Å². The molecule has 4 rings (SSSR count). The highest BCUT2D eigenvalue weighted by molar-refractivity contribution is 5.53. The second-order valence-corrected chi connectivity index (χ2v) is 5.45. The van der Waals surface area contributed by atoms with Crippen LogP contribution in [0.25, 0.3) is 5.52 Å². The van der Waals surface area contributed by atoms with Crippen LogP contribution in [0.4, 0.5) is 0 Å². The number of nitrogens with one attached hydrogen (secondary N) is 1. The molecule has 0 bridgehead atoms. The van der Waals surface area contributed by atoms with E-state index in [1.54, 1.807) is 0 Å². The first-order valence-corrected chi connectivity index (χ1v) is 6.19. The predicted octanol–water partition coefficient (Wildman–Crippen LogP) is 0.739. The summed E-state index contributed by atoms with van der Waals surface area (Å²) in [6.07, 6.45) is 4.01. The fourth-order valence-electron chi connectivity index (χ4n) is 3.07. The van der Waals surface area contributed by atoms with Crippen molar-refractivity contribution in [2.75, 3.05) is 26.2 Å². The van der Waals surface area contributed by atoms with Gasteiger partial charge in [-0.25, -0.2) is 4.52 Å².